The number of esters is 1. The molecule has 2 bridgehead atoms. The Bertz CT molecular complexity index is 1220. The number of nitrogens with zero attached hydrogens (tertiary/aromatic N) is 3. The third-order valence-electron chi connectivity index (χ3n) is 7.02. The highest BCUT2D eigenvalue weighted by Crippen LogP contribution is 2.23. The van der Waals surface area contributed by atoms with Crippen LogP contribution in [0.5, 0.6) is 0 Å². The highest BCUT2D eigenvalue weighted by Gasteiger charge is 2.40. The lowest BCUT2D eigenvalue weighted by Gasteiger charge is -2.31. The first-order chi connectivity index (χ1) is 18.8. The van der Waals surface area contributed by atoms with Crippen molar-refractivity contribution < 1.29 is 28.7 Å². The maximum Gasteiger partial charge on any atom is 0.328 e. The van der Waals surface area contributed by atoms with Crippen molar-refractivity contribution in [3.8, 4) is 0 Å². The predicted molar refractivity (Wildman–Crippen MR) is 138 cm³/mol. The van der Waals surface area contributed by atoms with Crippen LogP contribution in [0.15, 0.2) is 42.9 Å². The van der Waals surface area contributed by atoms with Gasteiger partial charge in [0.2, 0.25) is 17.7 Å². The van der Waals surface area contributed by atoms with Crippen molar-refractivity contribution in [1.29, 1.82) is 0 Å². The zero-order valence-corrected chi connectivity index (χ0v) is 21.9. The van der Waals surface area contributed by atoms with E-state index in [0.717, 1.165) is 11.1 Å². The van der Waals surface area contributed by atoms with Gasteiger partial charge in [-0.1, -0.05) is 31.2 Å². The maximum absolute atomic E-state index is 13.8. The molecule has 12 nitrogen and oxygen atoms in total. The van der Waals surface area contributed by atoms with Crippen molar-refractivity contribution in [3.63, 3.8) is 0 Å². The van der Waals surface area contributed by atoms with E-state index in [1.165, 1.54) is 30.6 Å². The molecule has 4 amide bonds. The average molecular weight is 537 g/mol. The molecule has 1 saturated heterocycles. The highest BCUT2D eigenvalue weighted by molar-refractivity contribution is 5.98. The summed E-state index contributed by atoms with van der Waals surface area (Å²) in [4.78, 5) is 74.2. The summed E-state index contributed by atoms with van der Waals surface area (Å²) in [5.41, 5.74) is 1.78. The van der Waals surface area contributed by atoms with Crippen molar-refractivity contribution in [2.24, 2.45) is 5.92 Å². The fraction of sp³-hybridized carbons (Fsp3) is 0.444. The summed E-state index contributed by atoms with van der Waals surface area (Å²) in [7, 11) is 1.24. The van der Waals surface area contributed by atoms with Gasteiger partial charge < -0.3 is 25.6 Å². The number of ether oxygens (including phenoxy) is 1. The van der Waals surface area contributed by atoms with Gasteiger partial charge in [-0.2, -0.15) is 0 Å². The van der Waals surface area contributed by atoms with Crippen molar-refractivity contribution in [1.82, 2.24) is 30.8 Å². The average Bonchev–Trinajstić information content (AvgIpc) is 3.44. The molecule has 12 heteroatoms. The van der Waals surface area contributed by atoms with Crippen LogP contribution in [-0.4, -0.2) is 82.8 Å². The monoisotopic (exact) mass is 536 g/mol. The standard InChI is InChI=1S/C27H32N6O6/c1-16-12-17-5-7-18(8-6-17)13-19(27(38)39-2)31-22(34)15-30-25(36)21-4-3-11-33(21)26(37)23(16)32-24(35)20-14-28-9-10-29-20/h5-10,14,16,19,21,23H,3-4,11-13,15H2,1-2H3,(H,30,36)(H,31,34)(H,32,35)/t16-,19-,21-,23-/m0/s1. The number of hydrogen-bond acceptors (Lipinski definition) is 8. The van der Waals surface area contributed by atoms with Gasteiger partial charge in [-0.05, 0) is 36.3 Å². The van der Waals surface area contributed by atoms with E-state index in [4.69, 9.17) is 4.74 Å². The first-order valence-corrected chi connectivity index (χ1v) is 12.9. The fourth-order valence-electron chi connectivity index (χ4n) is 4.96. The lowest BCUT2D eigenvalue weighted by molar-refractivity contribution is -0.145. The SMILES string of the molecule is COC(=O)[C@@H]1Cc2ccc(cc2)C[C@H](C)[C@H](NC(=O)c2cnccn2)C(=O)N2CCC[C@H]2C(=O)NCC(=O)N1. The lowest BCUT2D eigenvalue weighted by atomic mass is 9.91. The topological polar surface area (TPSA) is 160 Å². The van der Waals surface area contributed by atoms with Crippen molar-refractivity contribution in [2.75, 3.05) is 20.2 Å². The zero-order valence-electron chi connectivity index (χ0n) is 21.9. The molecule has 4 heterocycles. The molecule has 2 aromatic rings. The maximum atomic E-state index is 13.8. The molecule has 1 aromatic carbocycles. The molecular formula is C27H32N6O6. The molecule has 1 aromatic heterocycles. The third-order valence-corrected chi connectivity index (χ3v) is 7.02. The van der Waals surface area contributed by atoms with Gasteiger partial charge in [0.05, 0.1) is 19.9 Å². The van der Waals surface area contributed by atoms with Crippen LogP contribution < -0.4 is 16.0 Å². The molecule has 3 aliphatic heterocycles. The molecule has 206 valence electrons. The molecule has 0 radical (unpaired) electrons. The van der Waals surface area contributed by atoms with Crippen LogP contribution in [0.4, 0.5) is 0 Å². The van der Waals surface area contributed by atoms with Crippen LogP contribution >= 0.6 is 0 Å². The summed E-state index contributed by atoms with van der Waals surface area (Å²) in [5, 5.41) is 8.02. The quantitative estimate of drug-likeness (QED) is 0.454. The number of fused-ring (bicyclic) bond motifs is 11. The molecule has 0 unspecified atom stereocenters. The Balaban J connectivity index is 1.65. The van der Waals surface area contributed by atoms with E-state index in [2.05, 4.69) is 25.9 Å². The zero-order chi connectivity index (χ0) is 27.9. The number of amides is 4. The van der Waals surface area contributed by atoms with E-state index in [1.807, 2.05) is 31.2 Å². The number of rotatable bonds is 3. The van der Waals surface area contributed by atoms with Crippen molar-refractivity contribution >= 4 is 29.6 Å². The van der Waals surface area contributed by atoms with Crippen LogP contribution in [0.3, 0.4) is 0 Å². The molecule has 0 aliphatic carbocycles. The second-order valence-corrected chi connectivity index (χ2v) is 9.79. The first-order valence-electron chi connectivity index (χ1n) is 12.9. The van der Waals surface area contributed by atoms with E-state index in [-0.39, 0.29) is 30.5 Å². The van der Waals surface area contributed by atoms with Crippen LogP contribution in [0.25, 0.3) is 0 Å². The number of carbonyl (C=O) groups excluding carboxylic acids is 5. The van der Waals surface area contributed by atoms with E-state index in [1.54, 1.807) is 0 Å². The van der Waals surface area contributed by atoms with Gasteiger partial charge in [0, 0.05) is 25.4 Å². The minimum atomic E-state index is -0.935. The Hall–Kier alpha value is -4.35. The summed E-state index contributed by atoms with van der Waals surface area (Å²) >= 11 is 0. The smallest absolute Gasteiger partial charge is 0.328 e. The van der Waals surface area contributed by atoms with Crippen LogP contribution in [0, 0.1) is 5.92 Å². The molecule has 1 fully saturated rings. The number of nitrogens with one attached hydrogen (secondary N) is 3. The number of benzene rings is 1. The predicted octanol–water partition coefficient (Wildman–Crippen LogP) is -0.225. The van der Waals surface area contributed by atoms with Crippen LogP contribution in [0.1, 0.15) is 41.4 Å². The molecule has 5 rings (SSSR count). The summed E-state index contributed by atoms with van der Waals surface area (Å²) in [5.74, 6) is -2.89. The lowest BCUT2D eigenvalue weighted by Crippen LogP contribution is -2.56. The summed E-state index contributed by atoms with van der Waals surface area (Å²) < 4.78 is 4.85. The molecule has 4 atom stereocenters. The number of carbonyl (C=O) groups is 5. The molecule has 0 saturated carbocycles. The van der Waals surface area contributed by atoms with Gasteiger partial charge in [0.1, 0.15) is 23.8 Å². The van der Waals surface area contributed by atoms with E-state index < -0.39 is 41.8 Å². The van der Waals surface area contributed by atoms with Gasteiger partial charge >= 0.3 is 5.97 Å². The van der Waals surface area contributed by atoms with Gasteiger partial charge in [-0.3, -0.25) is 24.2 Å². The Kier molecular flexibility index (Phi) is 8.84. The van der Waals surface area contributed by atoms with Crippen molar-refractivity contribution in [2.45, 2.75) is 50.7 Å². The number of methoxy groups -OCH3 is 1. The second-order valence-electron chi connectivity index (χ2n) is 9.79. The summed E-state index contributed by atoms with van der Waals surface area (Å²) in [6, 6.07) is 4.80. The first kappa shape index (κ1) is 27.7. The number of hydrogen-bond donors (Lipinski definition) is 3. The van der Waals surface area contributed by atoms with Gasteiger partial charge in [0.25, 0.3) is 5.91 Å². The molecular weight excluding hydrogens is 504 g/mol. The molecule has 3 N–H and O–H groups in total. The van der Waals surface area contributed by atoms with Crippen LogP contribution in [0.2, 0.25) is 0 Å². The van der Waals surface area contributed by atoms with Crippen LogP contribution in [-0.2, 0) is 36.8 Å². The minimum absolute atomic E-state index is 0.0760. The summed E-state index contributed by atoms with van der Waals surface area (Å²) in [6.45, 7) is 1.84. The Morgan fingerprint density at radius 2 is 1.79 bits per heavy atom. The van der Waals surface area contributed by atoms with Gasteiger partial charge in [0.15, 0.2) is 0 Å². The molecule has 3 aliphatic rings. The largest absolute Gasteiger partial charge is 0.467 e. The Morgan fingerprint density at radius 1 is 1.08 bits per heavy atom. The van der Waals surface area contributed by atoms with E-state index in [9.17, 15) is 24.0 Å². The van der Waals surface area contributed by atoms with E-state index in [0.29, 0.717) is 25.8 Å². The Morgan fingerprint density at radius 3 is 2.46 bits per heavy atom. The fourth-order valence-corrected chi connectivity index (χ4v) is 4.96. The second kappa shape index (κ2) is 12.5. The van der Waals surface area contributed by atoms with Crippen molar-refractivity contribution in [3.05, 3.63) is 59.7 Å². The normalized spacial score (nSPS) is 24.3. The Labute approximate surface area is 225 Å². The third kappa shape index (κ3) is 6.75. The minimum Gasteiger partial charge on any atom is -0.467 e. The number of aromatic nitrogens is 2. The molecule has 39 heavy (non-hydrogen) atoms. The van der Waals surface area contributed by atoms with E-state index >= 15 is 0 Å². The summed E-state index contributed by atoms with van der Waals surface area (Å²) in [6.07, 6.45) is 5.84. The molecule has 0 spiro atoms. The van der Waals surface area contributed by atoms with Gasteiger partial charge in [-0.25, -0.2) is 9.78 Å². The highest BCUT2D eigenvalue weighted by atomic mass is 16.5. The van der Waals surface area contributed by atoms with Gasteiger partial charge in [-0.15, -0.1) is 0 Å².